The van der Waals surface area contributed by atoms with Crippen molar-refractivity contribution in [3.8, 4) is 0 Å². The Balaban J connectivity index is 1.88. The van der Waals surface area contributed by atoms with E-state index in [1.54, 1.807) is 4.90 Å². The summed E-state index contributed by atoms with van der Waals surface area (Å²) in [7, 11) is 0. The summed E-state index contributed by atoms with van der Waals surface area (Å²) >= 11 is 0. The van der Waals surface area contributed by atoms with E-state index >= 15 is 0 Å². The molecule has 1 heterocycles. The minimum atomic E-state index is -0.264. The van der Waals surface area contributed by atoms with Crippen molar-refractivity contribution >= 4 is 17.5 Å². The van der Waals surface area contributed by atoms with Crippen molar-refractivity contribution in [2.75, 3.05) is 24.5 Å². The van der Waals surface area contributed by atoms with Gasteiger partial charge in [-0.05, 0) is 51.8 Å². The number of benzene rings is 1. The molecule has 1 saturated heterocycles. The molecular formula is C21H33N3O2. The van der Waals surface area contributed by atoms with Gasteiger partial charge in [-0.3, -0.25) is 14.5 Å². The van der Waals surface area contributed by atoms with E-state index in [1.165, 1.54) is 5.56 Å². The van der Waals surface area contributed by atoms with Crippen LogP contribution in [0.2, 0.25) is 0 Å². The van der Waals surface area contributed by atoms with Gasteiger partial charge in [-0.15, -0.1) is 0 Å². The summed E-state index contributed by atoms with van der Waals surface area (Å²) in [4.78, 5) is 28.9. The highest BCUT2D eigenvalue weighted by Crippen LogP contribution is 2.25. The first-order valence-corrected chi connectivity index (χ1v) is 9.76. The van der Waals surface area contributed by atoms with Crippen molar-refractivity contribution in [1.82, 2.24) is 10.2 Å². The number of anilines is 1. The van der Waals surface area contributed by atoms with Gasteiger partial charge in [0.2, 0.25) is 11.8 Å². The average Bonchev–Trinajstić information content (AvgIpc) is 2.99. The highest BCUT2D eigenvalue weighted by atomic mass is 16.2. The fourth-order valence-corrected chi connectivity index (χ4v) is 3.61. The largest absolute Gasteiger partial charge is 0.355 e. The molecule has 2 amide bonds. The van der Waals surface area contributed by atoms with Crippen molar-refractivity contribution in [1.29, 1.82) is 0 Å². The van der Waals surface area contributed by atoms with Crippen LogP contribution in [0.3, 0.4) is 0 Å². The van der Waals surface area contributed by atoms with Gasteiger partial charge in [-0.2, -0.15) is 0 Å². The highest BCUT2D eigenvalue weighted by molar-refractivity contribution is 6.00. The smallest absolute Gasteiger partial charge is 0.227 e. The van der Waals surface area contributed by atoms with Gasteiger partial charge in [0.05, 0.1) is 5.92 Å². The Bertz CT molecular complexity index is 602. The van der Waals surface area contributed by atoms with Crippen LogP contribution in [0.25, 0.3) is 0 Å². The second kappa shape index (κ2) is 9.17. The lowest BCUT2D eigenvalue weighted by Crippen LogP contribution is -2.43. The quantitative estimate of drug-likeness (QED) is 0.776. The second-order valence-electron chi connectivity index (χ2n) is 7.64. The molecule has 26 heavy (non-hydrogen) atoms. The van der Waals surface area contributed by atoms with E-state index in [9.17, 15) is 9.59 Å². The van der Waals surface area contributed by atoms with Crippen LogP contribution in [0.15, 0.2) is 24.3 Å². The van der Waals surface area contributed by atoms with Crippen LogP contribution in [0, 0.1) is 5.92 Å². The predicted octanol–water partition coefficient (Wildman–Crippen LogP) is 2.84. The van der Waals surface area contributed by atoms with Crippen LogP contribution in [0.4, 0.5) is 5.69 Å². The minimum Gasteiger partial charge on any atom is -0.355 e. The fourth-order valence-electron chi connectivity index (χ4n) is 3.61. The molecule has 1 unspecified atom stereocenters. The zero-order valence-corrected chi connectivity index (χ0v) is 16.8. The van der Waals surface area contributed by atoms with Crippen LogP contribution in [-0.2, 0) is 16.0 Å². The first kappa shape index (κ1) is 20.4. The second-order valence-corrected chi connectivity index (χ2v) is 7.64. The molecule has 2 rings (SSSR count). The molecule has 1 fully saturated rings. The van der Waals surface area contributed by atoms with Crippen LogP contribution in [0.1, 0.15) is 46.6 Å². The molecule has 0 spiro atoms. The summed E-state index contributed by atoms with van der Waals surface area (Å²) in [5, 5.41) is 3.02. The zero-order chi connectivity index (χ0) is 19.3. The first-order chi connectivity index (χ1) is 12.3. The molecule has 5 heteroatoms. The molecule has 0 aromatic heterocycles. The Kier molecular flexibility index (Phi) is 7.21. The number of carbonyl (C=O) groups is 2. The van der Waals surface area contributed by atoms with Crippen molar-refractivity contribution < 1.29 is 9.59 Å². The van der Waals surface area contributed by atoms with Crippen LogP contribution in [0.5, 0.6) is 0 Å². The molecule has 1 aliphatic heterocycles. The molecule has 1 aromatic rings. The molecule has 0 bridgehead atoms. The molecular weight excluding hydrogens is 326 g/mol. The molecule has 0 aliphatic carbocycles. The Morgan fingerprint density at radius 1 is 1.19 bits per heavy atom. The summed E-state index contributed by atoms with van der Waals surface area (Å²) < 4.78 is 0. The number of amides is 2. The Labute approximate surface area is 157 Å². The lowest BCUT2D eigenvalue weighted by atomic mass is 10.1. The number of nitrogens with one attached hydrogen (secondary N) is 1. The summed E-state index contributed by atoms with van der Waals surface area (Å²) in [6.07, 6.45) is 1.27. The third-order valence-corrected chi connectivity index (χ3v) is 5.15. The van der Waals surface area contributed by atoms with E-state index in [2.05, 4.69) is 44.8 Å². The SMILES string of the molecule is CCc1ccc(N2CC(C(=O)NCCN(C(C)C)C(C)C)CC2=O)cc1. The van der Waals surface area contributed by atoms with Gasteiger partial charge >= 0.3 is 0 Å². The maximum Gasteiger partial charge on any atom is 0.227 e. The first-order valence-electron chi connectivity index (χ1n) is 9.76. The minimum absolute atomic E-state index is 0.0153. The molecule has 144 valence electrons. The van der Waals surface area contributed by atoms with Crippen molar-refractivity contribution in [2.24, 2.45) is 5.92 Å². The number of hydrogen-bond acceptors (Lipinski definition) is 3. The van der Waals surface area contributed by atoms with Gasteiger partial charge in [0, 0.05) is 43.8 Å². The van der Waals surface area contributed by atoms with Gasteiger partial charge in [0.25, 0.3) is 0 Å². The number of nitrogens with zero attached hydrogens (tertiary/aromatic N) is 2. The molecule has 1 aliphatic rings. The van der Waals surface area contributed by atoms with E-state index in [0.717, 1.165) is 18.7 Å². The van der Waals surface area contributed by atoms with Gasteiger partial charge in [0.1, 0.15) is 0 Å². The van der Waals surface area contributed by atoms with Gasteiger partial charge in [0.15, 0.2) is 0 Å². The Morgan fingerprint density at radius 3 is 2.35 bits per heavy atom. The zero-order valence-electron chi connectivity index (χ0n) is 16.8. The number of carbonyl (C=O) groups excluding carboxylic acids is 2. The van der Waals surface area contributed by atoms with Crippen LogP contribution >= 0.6 is 0 Å². The topological polar surface area (TPSA) is 52.7 Å². The van der Waals surface area contributed by atoms with E-state index in [0.29, 0.717) is 31.6 Å². The van der Waals surface area contributed by atoms with Crippen LogP contribution < -0.4 is 10.2 Å². The summed E-state index contributed by atoms with van der Waals surface area (Å²) in [5.41, 5.74) is 2.13. The third kappa shape index (κ3) is 5.07. The van der Waals surface area contributed by atoms with Crippen molar-refractivity contribution in [3.63, 3.8) is 0 Å². The van der Waals surface area contributed by atoms with Gasteiger partial charge in [-0.25, -0.2) is 0 Å². The average molecular weight is 360 g/mol. The van der Waals surface area contributed by atoms with Gasteiger partial charge < -0.3 is 10.2 Å². The molecule has 1 atom stereocenters. The highest BCUT2D eigenvalue weighted by Gasteiger charge is 2.35. The molecule has 0 saturated carbocycles. The number of aryl methyl sites for hydroxylation is 1. The monoisotopic (exact) mass is 359 g/mol. The standard InChI is InChI=1S/C21H33N3O2/c1-6-17-7-9-19(10-8-17)24-14-18(13-20(24)25)21(26)22-11-12-23(15(2)3)16(4)5/h7-10,15-16,18H,6,11-14H2,1-5H3,(H,22,26). The maximum atomic E-state index is 12.5. The van der Waals surface area contributed by atoms with Gasteiger partial charge in [-0.1, -0.05) is 19.1 Å². The molecule has 1 aromatic carbocycles. The van der Waals surface area contributed by atoms with Crippen molar-refractivity contribution in [2.45, 2.75) is 59.5 Å². The third-order valence-electron chi connectivity index (χ3n) is 5.15. The lowest BCUT2D eigenvalue weighted by molar-refractivity contribution is -0.126. The summed E-state index contributed by atoms with van der Waals surface area (Å²) in [5.74, 6) is -0.251. The molecule has 5 nitrogen and oxygen atoms in total. The van der Waals surface area contributed by atoms with E-state index in [4.69, 9.17) is 0 Å². The van der Waals surface area contributed by atoms with E-state index in [-0.39, 0.29) is 17.7 Å². The summed E-state index contributed by atoms with van der Waals surface area (Å²) in [6, 6.07) is 8.92. The number of hydrogen-bond donors (Lipinski definition) is 1. The molecule has 0 radical (unpaired) electrons. The van der Waals surface area contributed by atoms with Crippen LogP contribution in [-0.4, -0.2) is 48.4 Å². The maximum absolute atomic E-state index is 12.5. The molecule has 1 N–H and O–H groups in total. The predicted molar refractivity (Wildman–Crippen MR) is 106 cm³/mol. The number of rotatable bonds is 8. The Morgan fingerprint density at radius 2 is 1.81 bits per heavy atom. The normalized spacial score (nSPS) is 17.6. The lowest BCUT2D eigenvalue weighted by Gasteiger charge is -2.30. The fraction of sp³-hybridized carbons (Fsp3) is 0.619. The van der Waals surface area contributed by atoms with E-state index < -0.39 is 0 Å². The van der Waals surface area contributed by atoms with Crippen molar-refractivity contribution in [3.05, 3.63) is 29.8 Å². The van der Waals surface area contributed by atoms with E-state index in [1.807, 2.05) is 24.3 Å². The summed E-state index contributed by atoms with van der Waals surface area (Å²) in [6.45, 7) is 12.7. The Hall–Kier alpha value is -1.88.